The Kier molecular flexibility index (Phi) is 14.6. The average Bonchev–Trinajstić information content (AvgIpc) is 3.49. The molecule has 10 nitrogen and oxygen atoms in total. The highest BCUT2D eigenvalue weighted by molar-refractivity contribution is 5.96. The number of hydrogen-bond donors (Lipinski definition) is 1. The van der Waals surface area contributed by atoms with E-state index in [2.05, 4.69) is 77.9 Å². The van der Waals surface area contributed by atoms with E-state index in [0.717, 1.165) is 38.9 Å². The second-order valence-electron chi connectivity index (χ2n) is 17.3. The first kappa shape index (κ1) is 45.6. The van der Waals surface area contributed by atoms with Crippen LogP contribution in [0.25, 0.3) is 11.1 Å². The zero-order valence-electron chi connectivity index (χ0n) is 36.6. The first-order chi connectivity index (χ1) is 28.5. The number of aliphatic carboxylic acids is 1. The number of ether oxygens (including phenoxy) is 5. The molecule has 1 aliphatic carbocycles. The SMILES string of the molecule is CCOC(=O)c1cc(C2(c3ccc(OC(=O)CCCCOC)c(C(=O)OCC)c3)c3cc(C(C)(C)C)ccc3-c3ccc(C(C)(C)C)cc32)ccc1OCCCCC(=O)O. The summed E-state index contributed by atoms with van der Waals surface area (Å²) in [6.07, 6.45) is 2.31. The number of esters is 3. The van der Waals surface area contributed by atoms with Gasteiger partial charge in [0.25, 0.3) is 0 Å². The molecule has 0 aromatic heterocycles. The molecule has 0 spiro atoms. The van der Waals surface area contributed by atoms with Gasteiger partial charge in [-0.15, -0.1) is 0 Å². The molecule has 0 unspecified atom stereocenters. The Balaban J connectivity index is 1.85. The van der Waals surface area contributed by atoms with E-state index in [4.69, 9.17) is 28.8 Å². The van der Waals surface area contributed by atoms with Gasteiger partial charge in [-0.05, 0) is 119 Å². The maximum atomic E-state index is 13.9. The summed E-state index contributed by atoms with van der Waals surface area (Å²) in [4.78, 5) is 52.1. The largest absolute Gasteiger partial charge is 0.493 e. The van der Waals surface area contributed by atoms with E-state index < -0.39 is 29.3 Å². The summed E-state index contributed by atoms with van der Waals surface area (Å²) < 4.78 is 28.4. The number of unbranched alkanes of at least 4 members (excludes halogenated alkanes) is 2. The summed E-state index contributed by atoms with van der Waals surface area (Å²) in [5.41, 5.74) is 6.20. The minimum absolute atomic E-state index is 0.0155. The van der Waals surface area contributed by atoms with Crippen molar-refractivity contribution >= 4 is 23.9 Å². The molecule has 0 radical (unpaired) electrons. The van der Waals surface area contributed by atoms with E-state index in [-0.39, 0.29) is 60.4 Å². The van der Waals surface area contributed by atoms with Crippen LogP contribution in [0.5, 0.6) is 11.5 Å². The fraction of sp³-hybridized carbons (Fsp3) is 0.440. The van der Waals surface area contributed by atoms with Crippen molar-refractivity contribution in [2.75, 3.05) is 33.5 Å². The molecule has 1 aliphatic rings. The van der Waals surface area contributed by atoms with Gasteiger partial charge in [-0.3, -0.25) is 9.59 Å². The number of rotatable bonds is 18. The van der Waals surface area contributed by atoms with Crippen molar-refractivity contribution < 1.29 is 48.0 Å². The van der Waals surface area contributed by atoms with Crippen LogP contribution in [0.2, 0.25) is 0 Å². The van der Waals surface area contributed by atoms with Crippen LogP contribution in [0, 0.1) is 0 Å². The molecule has 0 bridgehead atoms. The number of carbonyl (C=O) groups is 4. The Labute approximate surface area is 354 Å². The maximum absolute atomic E-state index is 13.9. The van der Waals surface area contributed by atoms with E-state index in [1.54, 1.807) is 39.2 Å². The molecule has 4 aromatic carbocycles. The fourth-order valence-electron chi connectivity index (χ4n) is 7.77. The number of carboxylic acids is 1. The number of carboxylic acid groups (broad SMARTS) is 1. The third-order valence-electron chi connectivity index (χ3n) is 10.9. The van der Waals surface area contributed by atoms with Crippen LogP contribution in [-0.2, 0) is 40.0 Å². The van der Waals surface area contributed by atoms with Gasteiger partial charge in [-0.1, -0.05) is 90.1 Å². The Hall–Kier alpha value is -5.48. The lowest BCUT2D eigenvalue weighted by molar-refractivity contribution is -0.137. The van der Waals surface area contributed by atoms with Gasteiger partial charge in [0.1, 0.15) is 22.6 Å². The second-order valence-corrected chi connectivity index (χ2v) is 17.3. The van der Waals surface area contributed by atoms with E-state index in [1.807, 2.05) is 18.2 Å². The molecule has 0 saturated heterocycles. The van der Waals surface area contributed by atoms with Gasteiger partial charge in [0.2, 0.25) is 0 Å². The third kappa shape index (κ3) is 9.92. The average molecular weight is 821 g/mol. The molecule has 0 amide bonds. The molecule has 5 rings (SSSR count). The normalized spacial score (nSPS) is 12.9. The Morgan fingerprint density at radius 3 is 1.57 bits per heavy atom. The van der Waals surface area contributed by atoms with Crippen LogP contribution in [0.3, 0.4) is 0 Å². The van der Waals surface area contributed by atoms with Gasteiger partial charge >= 0.3 is 23.9 Å². The van der Waals surface area contributed by atoms with Crippen molar-refractivity contribution in [2.45, 2.75) is 110 Å². The molecule has 320 valence electrons. The predicted octanol–water partition coefficient (Wildman–Crippen LogP) is 10.4. The number of carbonyl (C=O) groups excluding carboxylic acids is 3. The summed E-state index contributed by atoms with van der Waals surface area (Å²) in [5.74, 6) is -2.16. The minimum Gasteiger partial charge on any atom is -0.493 e. The van der Waals surface area contributed by atoms with Crippen molar-refractivity contribution in [3.63, 3.8) is 0 Å². The lowest BCUT2D eigenvalue weighted by Crippen LogP contribution is -2.31. The third-order valence-corrected chi connectivity index (χ3v) is 10.9. The van der Waals surface area contributed by atoms with Crippen molar-refractivity contribution in [2.24, 2.45) is 0 Å². The number of methoxy groups -OCH3 is 1. The van der Waals surface area contributed by atoms with Gasteiger partial charge in [-0.25, -0.2) is 9.59 Å². The summed E-state index contributed by atoms with van der Waals surface area (Å²) in [6.45, 7) is 17.4. The Morgan fingerprint density at radius 2 is 1.08 bits per heavy atom. The predicted molar refractivity (Wildman–Crippen MR) is 231 cm³/mol. The van der Waals surface area contributed by atoms with Crippen LogP contribution in [0.4, 0.5) is 0 Å². The van der Waals surface area contributed by atoms with Gasteiger partial charge < -0.3 is 28.8 Å². The van der Waals surface area contributed by atoms with E-state index >= 15 is 0 Å². The molecule has 0 atom stereocenters. The quantitative estimate of drug-likeness (QED) is 0.0517. The maximum Gasteiger partial charge on any atom is 0.341 e. The van der Waals surface area contributed by atoms with Crippen LogP contribution in [-0.4, -0.2) is 62.5 Å². The van der Waals surface area contributed by atoms with Crippen LogP contribution >= 0.6 is 0 Å². The molecule has 0 heterocycles. The highest BCUT2D eigenvalue weighted by Crippen LogP contribution is 2.58. The van der Waals surface area contributed by atoms with E-state index in [1.165, 1.54) is 0 Å². The summed E-state index contributed by atoms with van der Waals surface area (Å²) >= 11 is 0. The van der Waals surface area contributed by atoms with Crippen molar-refractivity contribution in [1.82, 2.24) is 0 Å². The van der Waals surface area contributed by atoms with Crippen molar-refractivity contribution in [3.8, 4) is 22.6 Å². The number of hydrogen-bond acceptors (Lipinski definition) is 9. The van der Waals surface area contributed by atoms with Crippen molar-refractivity contribution in [1.29, 1.82) is 0 Å². The lowest BCUT2D eigenvalue weighted by atomic mass is 9.66. The van der Waals surface area contributed by atoms with Crippen LogP contribution < -0.4 is 9.47 Å². The molecular formula is C50H60O10. The number of benzene rings is 4. The van der Waals surface area contributed by atoms with Crippen LogP contribution in [0.1, 0.15) is 148 Å². The van der Waals surface area contributed by atoms with Crippen molar-refractivity contribution in [3.05, 3.63) is 117 Å². The highest BCUT2D eigenvalue weighted by Gasteiger charge is 2.48. The smallest absolute Gasteiger partial charge is 0.341 e. The van der Waals surface area contributed by atoms with E-state index in [9.17, 15) is 19.2 Å². The summed E-state index contributed by atoms with van der Waals surface area (Å²) in [6, 6.07) is 23.9. The molecule has 10 heteroatoms. The van der Waals surface area contributed by atoms with Gasteiger partial charge in [0, 0.05) is 26.6 Å². The summed E-state index contributed by atoms with van der Waals surface area (Å²) in [7, 11) is 1.61. The monoisotopic (exact) mass is 820 g/mol. The zero-order chi connectivity index (χ0) is 43.8. The molecule has 1 N–H and O–H groups in total. The van der Waals surface area contributed by atoms with Gasteiger partial charge in [0.15, 0.2) is 0 Å². The first-order valence-corrected chi connectivity index (χ1v) is 20.9. The second kappa shape index (κ2) is 19.3. The zero-order valence-corrected chi connectivity index (χ0v) is 36.6. The fourth-order valence-corrected chi connectivity index (χ4v) is 7.77. The Morgan fingerprint density at radius 1 is 0.600 bits per heavy atom. The van der Waals surface area contributed by atoms with Gasteiger partial charge in [0.05, 0.1) is 25.2 Å². The standard InChI is InChI=1S/C50H60O10/c1-10-57-46(54)38-28-34(20-24-42(38)59-27-15-12-16-44(51)52)50(35-21-25-43(39(29-35)47(55)58-11-2)60-45(53)17-13-14-26-56-9)40-30-32(48(3,4)5)18-22-36(40)37-23-19-33(31-41(37)50)49(6,7)8/h18-25,28-31H,10-17,26-27H2,1-9H3,(H,51,52). The summed E-state index contributed by atoms with van der Waals surface area (Å²) in [5, 5.41) is 9.14. The minimum atomic E-state index is -1.13. The molecule has 0 saturated carbocycles. The van der Waals surface area contributed by atoms with E-state index in [0.29, 0.717) is 43.6 Å². The number of fused-ring (bicyclic) bond motifs is 3. The lowest BCUT2D eigenvalue weighted by Gasteiger charge is -2.36. The van der Waals surface area contributed by atoms with Crippen LogP contribution in [0.15, 0.2) is 72.8 Å². The molecule has 0 fully saturated rings. The topological polar surface area (TPSA) is 135 Å². The molecular weight excluding hydrogens is 761 g/mol. The molecule has 60 heavy (non-hydrogen) atoms. The first-order valence-electron chi connectivity index (χ1n) is 20.9. The Bertz CT molecular complexity index is 2140. The molecule has 4 aromatic rings. The highest BCUT2D eigenvalue weighted by atomic mass is 16.6. The van der Waals surface area contributed by atoms with Gasteiger partial charge in [-0.2, -0.15) is 0 Å². The molecule has 0 aliphatic heterocycles.